The maximum Gasteiger partial charge on any atom is 0.250 e. The zero-order chi connectivity index (χ0) is 17.9. The van der Waals surface area contributed by atoms with Crippen LogP contribution in [0.15, 0.2) is 42.5 Å². The van der Waals surface area contributed by atoms with Crippen molar-refractivity contribution >= 4 is 11.6 Å². The number of anilines is 1. The van der Waals surface area contributed by atoms with Crippen LogP contribution >= 0.6 is 0 Å². The molecule has 0 aromatic heterocycles. The lowest BCUT2D eigenvalue weighted by Gasteiger charge is -2.31. The van der Waals surface area contributed by atoms with E-state index in [4.69, 9.17) is 10.5 Å². The van der Waals surface area contributed by atoms with Gasteiger partial charge in [0.25, 0.3) is 5.91 Å². The van der Waals surface area contributed by atoms with E-state index in [2.05, 4.69) is 40.5 Å². The molecule has 0 saturated carbocycles. The summed E-state index contributed by atoms with van der Waals surface area (Å²) in [5, 5.41) is 3.35. The number of rotatable bonds is 4. The summed E-state index contributed by atoms with van der Waals surface area (Å²) in [7, 11) is 0. The number of fused-ring (bicyclic) bond motifs is 1. The van der Waals surface area contributed by atoms with Gasteiger partial charge in [-0.1, -0.05) is 30.3 Å². The molecule has 2 aliphatic heterocycles. The Labute approximate surface area is 154 Å². The first-order valence-corrected chi connectivity index (χ1v) is 9.30. The molecular formula is C21H25N3O2. The molecule has 5 nitrogen and oxygen atoms in total. The van der Waals surface area contributed by atoms with Gasteiger partial charge in [-0.3, -0.25) is 4.79 Å². The van der Waals surface area contributed by atoms with Crippen molar-refractivity contribution in [2.24, 2.45) is 5.73 Å². The Morgan fingerprint density at radius 2 is 2.00 bits per heavy atom. The highest BCUT2D eigenvalue weighted by Crippen LogP contribution is 2.31. The molecule has 1 fully saturated rings. The summed E-state index contributed by atoms with van der Waals surface area (Å²) in [5.41, 5.74) is 11.0. The van der Waals surface area contributed by atoms with Crippen molar-refractivity contribution in [2.75, 3.05) is 37.7 Å². The summed E-state index contributed by atoms with van der Waals surface area (Å²) in [6.45, 7) is 4.35. The summed E-state index contributed by atoms with van der Waals surface area (Å²) in [6.07, 6.45) is 1.84. The summed E-state index contributed by atoms with van der Waals surface area (Å²) in [6, 6.07) is 14.5. The highest BCUT2D eigenvalue weighted by molar-refractivity contribution is 5.98. The van der Waals surface area contributed by atoms with E-state index in [1.165, 1.54) is 16.7 Å². The second-order valence-corrected chi connectivity index (χ2v) is 6.97. The van der Waals surface area contributed by atoms with Crippen molar-refractivity contribution in [2.45, 2.75) is 18.9 Å². The molecule has 0 radical (unpaired) electrons. The van der Waals surface area contributed by atoms with Crippen LogP contribution in [0.25, 0.3) is 0 Å². The normalized spacial score (nSPS) is 19.8. The van der Waals surface area contributed by atoms with Crippen LogP contribution in [0, 0.1) is 0 Å². The van der Waals surface area contributed by atoms with Gasteiger partial charge in [0.05, 0.1) is 18.3 Å². The molecular weight excluding hydrogens is 326 g/mol. The molecule has 2 aromatic carbocycles. The quantitative estimate of drug-likeness (QED) is 0.885. The Balaban J connectivity index is 1.62. The summed E-state index contributed by atoms with van der Waals surface area (Å²) >= 11 is 0. The zero-order valence-electron chi connectivity index (χ0n) is 14.9. The monoisotopic (exact) mass is 351 g/mol. The summed E-state index contributed by atoms with van der Waals surface area (Å²) < 4.78 is 6.06. The molecule has 136 valence electrons. The van der Waals surface area contributed by atoms with Crippen molar-refractivity contribution in [3.63, 3.8) is 0 Å². The first-order valence-electron chi connectivity index (χ1n) is 9.30. The third kappa shape index (κ3) is 3.45. The number of nitrogens with two attached hydrogens (primary N) is 1. The van der Waals surface area contributed by atoms with Crippen LogP contribution in [0.2, 0.25) is 0 Å². The van der Waals surface area contributed by atoms with Gasteiger partial charge in [0.15, 0.2) is 0 Å². The largest absolute Gasteiger partial charge is 0.373 e. The topological polar surface area (TPSA) is 67.6 Å². The standard InChI is InChI=1S/C21H25N3O2/c22-21(25)18-6-5-15(13-19(18)24-10-8-23-9-11-24)14-20-17-4-2-1-3-16(17)7-12-26-20/h1-6,13,20,23H,7-12,14H2,(H2,22,25). The molecule has 4 rings (SSSR count). The second kappa shape index (κ2) is 7.48. The van der Waals surface area contributed by atoms with Crippen LogP contribution in [0.1, 0.15) is 33.2 Å². The number of primary amides is 1. The number of hydrogen-bond donors (Lipinski definition) is 2. The number of nitrogens with zero attached hydrogens (tertiary/aromatic N) is 1. The lowest BCUT2D eigenvalue weighted by atomic mass is 9.93. The van der Waals surface area contributed by atoms with Crippen LogP contribution in [0.4, 0.5) is 5.69 Å². The number of piperazine rings is 1. The number of hydrogen-bond acceptors (Lipinski definition) is 4. The minimum atomic E-state index is -0.371. The van der Waals surface area contributed by atoms with E-state index < -0.39 is 0 Å². The number of carbonyl (C=O) groups excluding carboxylic acids is 1. The molecule has 1 saturated heterocycles. The highest BCUT2D eigenvalue weighted by Gasteiger charge is 2.22. The van der Waals surface area contributed by atoms with Crippen LogP contribution in [0.5, 0.6) is 0 Å². The van der Waals surface area contributed by atoms with E-state index >= 15 is 0 Å². The SMILES string of the molecule is NC(=O)c1ccc(CC2OCCc3ccccc32)cc1N1CCNCC1. The van der Waals surface area contributed by atoms with Crippen LogP contribution in [-0.4, -0.2) is 38.7 Å². The predicted molar refractivity (Wildman–Crippen MR) is 103 cm³/mol. The van der Waals surface area contributed by atoms with Gasteiger partial charge in [-0.25, -0.2) is 0 Å². The Kier molecular flexibility index (Phi) is 4.91. The third-order valence-electron chi connectivity index (χ3n) is 5.30. The molecule has 26 heavy (non-hydrogen) atoms. The highest BCUT2D eigenvalue weighted by atomic mass is 16.5. The lowest BCUT2D eigenvalue weighted by Crippen LogP contribution is -2.44. The minimum absolute atomic E-state index is 0.0650. The van der Waals surface area contributed by atoms with Crippen molar-refractivity contribution in [3.8, 4) is 0 Å². The number of carbonyl (C=O) groups is 1. The molecule has 1 unspecified atom stereocenters. The van der Waals surface area contributed by atoms with Gasteiger partial charge < -0.3 is 20.7 Å². The van der Waals surface area contributed by atoms with Gasteiger partial charge in [0.2, 0.25) is 0 Å². The fourth-order valence-electron chi connectivity index (χ4n) is 3.94. The lowest BCUT2D eigenvalue weighted by molar-refractivity contribution is 0.0427. The molecule has 3 N–H and O–H groups in total. The molecule has 0 spiro atoms. The molecule has 2 aliphatic rings. The summed E-state index contributed by atoms with van der Waals surface area (Å²) in [4.78, 5) is 14.1. The van der Waals surface area contributed by atoms with Crippen LogP contribution < -0.4 is 16.0 Å². The number of nitrogens with one attached hydrogen (secondary N) is 1. The Hall–Kier alpha value is -2.37. The maximum absolute atomic E-state index is 11.9. The third-order valence-corrected chi connectivity index (χ3v) is 5.30. The van der Waals surface area contributed by atoms with Gasteiger partial charge in [-0.15, -0.1) is 0 Å². The van der Waals surface area contributed by atoms with Crippen LogP contribution in [0.3, 0.4) is 0 Å². The van der Waals surface area contributed by atoms with Crippen molar-refractivity contribution in [1.82, 2.24) is 5.32 Å². The van der Waals surface area contributed by atoms with Gasteiger partial charge in [-0.05, 0) is 35.2 Å². The minimum Gasteiger partial charge on any atom is -0.373 e. The fraction of sp³-hybridized carbons (Fsp3) is 0.381. The van der Waals surface area contributed by atoms with Gasteiger partial charge in [0, 0.05) is 38.3 Å². The number of benzene rings is 2. The van der Waals surface area contributed by atoms with E-state index in [0.717, 1.165) is 51.3 Å². The van der Waals surface area contributed by atoms with E-state index in [1.807, 2.05) is 12.1 Å². The van der Waals surface area contributed by atoms with E-state index in [-0.39, 0.29) is 12.0 Å². The molecule has 5 heteroatoms. The van der Waals surface area contributed by atoms with E-state index in [9.17, 15) is 4.79 Å². The summed E-state index contributed by atoms with van der Waals surface area (Å²) in [5.74, 6) is -0.371. The van der Waals surface area contributed by atoms with E-state index in [0.29, 0.717) is 5.56 Å². The average Bonchev–Trinajstić information content (AvgIpc) is 2.69. The molecule has 0 bridgehead atoms. The predicted octanol–water partition coefficient (Wildman–Crippen LogP) is 2.05. The van der Waals surface area contributed by atoms with Crippen LogP contribution in [-0.2, 0) is 17.6 Å². The Morgan fingerprint density at radius 3 is 2.81 bits per heavy atom. The van der Waals surface area contributed by atoms with Crippen molar-refractivity contribution in [3.05, 3.63) is 64.7 Å². The Morgan fingerprint density at radius 1 is 1.19 bits per heavy atom. The number of amides is 1. The molecule has 2 aromatic rings. The average molecular weight is 351 g/mol. The molecule has 0 aliphatic carbocycles. The van der Waals surface area contributed by atoms with Gasteiger partial charge >= 0.3 is 0 Å². The van der Waals surface area contributed by atoms with Gasteiger partial charge in [-0.2, -0.15) is 0 Å². The maximum atomic E-state index is 11.9. The van der Waals surface area contributed by atoms with Gasteiger partial charge in [0.1, 0.15) is 0 Å². The first-order chi connectivity index (χ1) is 12.7. The smallest absolute Gasteiger partial charge is 0.250 e. The van der Waals surface area contributed by atoms with Crippen molar-refractivity contribution in [1.29, 1.82) is 0 Å². The number of ether oxygens (including phenoxy) is 1. The Bertz CT molecular complexity index is 800. The molecule has 1 amide bonds. The van der Waals surface area contributed by atoms with Crippen molar-refractivity contribution < 1.29 is 9.53 Å². The van der Waals surface area contributed by atoms with E-state index in [1.54, 1.807) is 0 Å². The fourth-order valence-corrected chi connectivity index (χ4v) is 3.94. The molecule has 2 heterocycles. The second-order valence-electron chi connectivity index (χ2n) is 6.97. The first kappa shape index (κ1) is 17.1. The zero-order valence-corrected chi connectivity index (χ0v) is 14.9. The molecule has 1 atom stereocenters.